The summed E-state index contributed by atoms with van der Waals surface area (Å²) in [6, 6.07) is 21.3. The molecule has 3 atom stereocenters. The Labute approximate surface area is 239 Å². The third kappa shape index (κ3) is 9.45. The van der Waals surface area contributed by atoms with E-state index in [1.165, 1.54) is 6.92 Å². The Hall–Kier alpha value is -3.24. The maximum absolute atomic E-state index is 12.4. The molecule has 1 aliphatic heterocycles. The summed E-state index contributed by atoms with van der Waals surface area (Å²) in [6.07, 6.45) is 4.66. The van der Waals surface area contributed by atoms with Gasteiger partial charge in [-0.2, -0.15) is 0 Å². The van der Waals surface area contributed by atoms with Crippen LogP contribution in [0.1, 0.15) is 68.1 Å². The van der Waals surface area contributed by atoms with E-state index in [2.05, 4.69) is 15.6 Å². The van der Waals surface area contributed by atoms with Gasteiger partial charge in [0.1, 0.15) is 0 Å². The third-order valence-corrected chi connectivity index (χ3v) is 7.67. The number of nitrogens with one attached hydrogen (secondary N) is 2. The van der Waals surface area contributed by atoms with Gasteiger partial charge in [-0.3, -0.25) is 9.59 Å². The minimum Gasteiger partial charge on any atom is -0.392 e. The zero-order chi connectivity index (χ0) is 28.2. The largest absolute Gasteiger partial charge is 0.392 e. The molecule has 0 spiro atoms. The van der Waals surface area contributed by atoms with Crippen molar-refractivity contribution in [2.45, 2.75) is 69.2 Å². The zero-order valence-corrected chi connectivity index (χ0v) is 23.6. The molecule has 0 radical (unpaired) electrons. The van der Waals surface area contributed by atoms with Crippen LogP contribution in [-0.2, 0) is 25.7 Å². The number of benzene rings is 2. The number of rotatable bonds is 13. The minimum absolute atomic E-state index is 0.00235. The summed E-state index contributed by atoms with van der Waals surface area (Å²) in [4.78, 5) is 27.7. The van der Waals surface area contributed by atoms with Gasteiger partial charge in [0.25, 0.3) is 0 Å². The standard InChI is InChI=1S/C31H37N3O5S/c1-22(36)32-17-5-2-3-7-29(37)34-26-15-13-25(14-16-26)31-38-27(21-40-30-8-4-6-18-33-30)19-28(39-31)24-11-9-23(20-35)10-12-24/h4,6,8-16,18,27-28,31,35H,2-3,5,7,17,19-21H2,1H3,(H,32,36)(H,34,37). The SMILES string of the molecule is CC(=O)NCCCCCC(=O)Nc1ccc(C2OC(CSc3ccccn3)CC(c3ccc(CO)cc3)O2)cc1. The van der Waals surface area contributed by atoms with Crippen LogP contribution in [0, 0.1) is 0 Å². The number of ether oxygens (including phenoxy) is 2. The molecule has 3 aromatic rings. The lowest BCUT2D eigenvalue weighted by Crippen LogP contribution is -2.31. The number of carbonyl (C=O) groups is 2. The number of pyridine rings is 1. The second-order valence-corrected chi connectivity index (χ2v) is 10.8. The van der Waals surface area contributed by atoms with E-state index >= 15 is 0 Å². The van der Waals surface area contributed by atoms with Crippen molar-refractivity contribution in [1.29, 1.82) is 0 Å². The van der Waals surface area contributed by atoms with E-state index in [9.17, 15) is 14.7 Å². The van der Waals surface area contributed by atoms with Gasteiger partial charge in [-0.1, -0.05) is 48.9 Å². The van der Waals surface area contributed by atoms with Gasteiger partial charge in [-0.25, -0.2) is 4.98 Å². The summed E-state index contributed by atoms with van der Waals surface area (Å²) in [6.45, 7) is 2.14. The maximum atomic E-state index is 12.4. The topological polar surface area (TPSA) is 110 Å². The highest BCUT2D eigenvalue weighted by molar-refractivity contribution is 7.99. The Kier molecular flexibility index (Phi) is 11.5. The molecule has 1 fully saturated rings. The van der Waals surface area contributed by atoms with Crippen molar-refractivity contribution in [2.75, 3.05) is 17.6 Å². The van der Waals surface area contributed by atoms with E-state index in [0.29, 0.717) is 19.4 Å². The van der Waals surface area contributed by atoms with Crippen molar-refractivity contribution in [2.24, 2.45) is 0 Å². The van der Waals surface area contributed by atoms with Crippen LogP contribution in [0.25, 0.3) is 0 Å². The molecular weight excluding hydrogens is 526 g/mol. The van der Waals surface area contributed by atoms with E-state index < -0.39 is 6.29 Å². The van der Waals surface area contributed by atoms with Gasteiger partial charge in [-0.15, -0.1) is 11.8 Å². The first-order valence-corrected chi connectivity index (χ1v) is 14.7. The average molecular weight is 564 g/mol. The van der Waals surface area contributed by atoms with Crippen molar-refractivity contribution in [3.8, 4) is 0 Å². The molecule has 1 saturated heterocycles. The Balaban J connectivity index is 1.35. The molecule has 0 aliphatic carbocycles. The first-order chi connectivity index (χ1) is 19.5. The van der Waals surface area contributed by atoms with E-state index in [0.717, 1.165) is 52.4 Å². The normalized spacial score (nSPS) is 18.7. The molecule has 0 saturated carbocycles. The highest BCUT2D eigenvalue weighted by atomic mass is 32.2. The number of anilines is 1. The fraction of sp³-hybridized carbons (Fsp3) is 0.387. The summed E-state index contributed by atoms with van der Waals surface area (Å²) < 4.78 is 12.8. The summed E-state index contributed by atoms with van der Waals surface area (Å²) in [5.41, 5.74) is 3.50. The molecule has 212 valence electrons. The lowest BCUT2D eigenvalue weighted by molar-refractivity contribution is -0.245. The van der Waals surface area contributed by atoms with Crippen molar-refractivity contribution in [3.63, 3.8) is 0 Å². The van der Waals surface area contributed by atoms with Crippen LogP contribution in [0.3, 0.4) is 0 Å². The summed E-state index contributed by atoms with van der Waals surface area (Å²) in [5.74, 6) is 0.674. The van der Waals surface area contributed by atoms with E-state index in [1.54, 1.807) is 18.0 Å². The summed E-state index contributed by atoms with van der Waals surface area (Å²) in [5, 5.41) is 16.1. The fourth-order valence-electron chi connectivity index (χ4n) is 4.43. The lowest BCUT2D eigenvalue weighted by atomic mass is 10.0. The predicted molar refractivity (Wildman–Crippen MR) is 156 cm³/mol. The molecule has 3 N–H and O–H groups in total. The summed E-state index contributed by atoms with van der Waals surface area (Å²) >= 11 is 1.66. The van der Waals surface area contributed by atoms with E-state index in [-0.39, 0.29) is 30.6 Å². The molecule has 40 heavy (non-hydrogen) atoms. The maximum Gasteiger partial charge on any atom is 0.224 e. The monoisotopic (exact) mass is 563 g/mol. The van der Waals surface area contributed by atoms with Gasteiger partial charge in [0, 0.05) is 49.5 Å². The number of nitrogens with zero attached hydrogens (tertiary/aromatic N) is 1. The molecule has 4 rings (SSSR count). The van der Waals surface area contributed by atoms with Crippen LogP contribution in [0.2, 0.25) is 0 Å². The van der Waals surface area contributed by atoms with Gasteiger partial charge < -0.3 is 25.2 Å². The molecule has 2 heterocycles. The molecule has 2 aromatic carbocycles. The van der Waals surface area contributed by atoms with Gasteiger partial charge in [0.05, 0.1) is 23.8 Å². The molecule has 1 aromatic heterocycles. The van der Waals surface area contributed by atoms with E-state index in [4.69, 9.17) is 9.47 Å². The van der Waals surface area contributed by atoms with Crippen LogP contribution >= 0.6 is 11.8 Å². The second-order valence-electron chi connectivity index (χ2n) is 9.79. The number of hydrogen-bond donors (Lipinski definition) is 3. The highest BCUT2D eigenvalue weighted by Crippen LogP contribution is 2.39. The first kappa shape index (κ1) is 29.7. The smallest absolute Gasteiger partial charge is 0.224 e. The molecule has 0 bridgehead atoms. The van der Waals surface area contributed by atoms with Crippen molar-refractivity contribution >= 4 is 29.3 Å². The van der Waals surface area contributed by atoms with Gasteiger partial charge in [0.15, 0.2) is 6.29 Å². The van der Waals surface area contributed by atoms with E-state index in [1.807, 2.05) is 66.7 Å². The molecular formula is C31H37N3O5S. The number of carbonyl (C=O) groups excluding carboxylic acids is 2. The van der Waals surface area contributed by atoms with Crippen molar-refractivity contribution in [3.05, 3.63) is 89.6 Å². The molecule has 1 aliphatic rings. The number of aliphatic hydroxyl groups is 1. The molecule has 2 amide bonds. The predicted octanol–water partition coefficient (Wildman–Crippen LogP) is 5.55. The molecule has 8 nitrogen and oxygen atoms in total. The van der Waals surface area contributed by atoms with Crippen LogP contribution < -0.4 is 10.6 Å². The third-order valence-electron chi connectivity index (χ3n) is 6.59. The number of thioether (sulfide) groups is 1. The number of aromatic nitrogens is 1. The average Bonchev–Trinajstić information content (AvgIpc) is 2.98. The lowest BCUT2D eigenvalue weighted by Gasteiger charge is -2.36. The van der Waals surface area contributed by atoms with Gasteiger partial charge in [-0.05, 0) is 48.2 Å². The van der Waals surface area contributed by atoms with Crippen LogP contribution in [-0.4, -0.2) is 40.3 Å². The van der Waals surface area contributed by atoms with Crippen molar-refractivity contribution < 1.29 is 24.2 Å². The second kappa shape index (κ2) is 15.5. The number of amides is 2. The van der Waals surface area contributed by atoms with Gasteiger partial charge >= 0.3 is 0 Å². The Morgan fingerprint density at radius 2 is 1.75 bits per heavy atom. The Morgan fingerprint density at radius 1 is 0.975 bits per heavy atom. The summed E-state index contributed by atoms with van der Waals surface area (Å²) in [7, 11) is 0. The van der Waals surface area contributed by atoms with Crippen LogP contribution in [0.15, 0.2) is 78.0 Å². The Morgan fingerprint density at radius 3 is 2.45 bits per heavy atom. The zero-order valence-electron chi connectivity index (χ0n) is 22.8. The minimum atomic E-state index is -0.557. The quantitative estimate of drug-likeness (QED) is 0.185. The number of aliphatic hydroxyl groups excluding tert-OH is 1. The Bertz CT molecular complexity index is 1210. The van der Waals surface area contributed by atoms with Crippen molar-refractivity contribution in [1.82, 2.24) is 10.3 Å². The van der Waals surface area contributed by atoms with Crippen LogP contribution in [0.4, 0.5) is 5.69 Å². The first-order valence-electron chi connectivity index (χ1n) is 13.7. The highest BCUT2D eigenvalue weighted by Gasteiger charge is 2.32. The van der Waals surface area contributed by atoms with Gasteiger partial charge in [0.2, 0.25) is 11.8 Å². The van der Waals surface area contributed by atoms with Crippen LogP contribution in [0.5, 0.6) is 0 Å². The number of unbranched alkanes of at least 4 members (excludes halogenated alkanes) is 2. The molecule has 9 heteroatoms. The molecule has 3 unspecified atom stereocenters. The fourth-order valence-corrected chi connectivity index (χ4v) is 5.31. The number of hydrogen-bond acceptors (Lipinski definition) is 7.